The molecule has 1 atom stereocenters. The molecule has 1 amide bonds. The van der Waals surface area contributed by atoms with Crippen molar-refractivity contribution in [1.29, 1.82) is 0 Å². The Morgan fingerprint density at radius 1 is 0.971 bits per heavy atom. The predicted molar refractivity (Wildman–Crippen MR) is 130 cm³/mol. The van der Waals surface area contributed by atoms with Crippen LogP contribution in [-0.2, 0) is 11.2 Å². The van der Waals surface area contributed by atoms with Gasteiger partial charge < -0.3 is 19.5 Å². The molecule has 2 aromatic carbocycles. The molecule has 0 bridgehead atoms. The molecule has 1 N–H and O–H groups in total. The van der Waals surface area contributed by atoms with Crippen molar-refractivity contribution in [3.8, 4) is 17.2 Å². The van der Waals surface area contributed by atoms with Crippen LogP contribution in [0.15, 0.2) is 54.9 Å². The summed E-state index contributed by atoms with van der Waals surface area (Å²) in [6.07, 6.45) is 2.74. The van der Waals surface area contributed by atoms with Gasteiger partial charge in [-0.25, -0.2) is 0 Å². The number of ether oxygens (including phenoxy) is 3. The number of aromatic nitrogens is 1. The molecule has 1 heterocycles. The number of methoxy groups -OCH3 is 2. The number of rotatable bonds is 10. The first kappa shape index (κ1) is 25.3. The molecule has 0 aliphatic carbocycles. The van der Waals surface area contributed by atoms with Gasteiger partial charge in [-0.2, -0.15) is 0 Å². The Morgan fingerprint density at radius 2 is 1.65 bits per heavy atom. The summed E-state index contributed by atoms with van der Waals surface area (Å²) in [6.45, 7) is 1.54. The van der Waals surface area contributed by atoms with E-state index in [1.165, 1.54) is 26.6 Å². The van der Waals surface area contributed by atoms with Gasteiger partial charge in [0.2, 0.25) is 5.75 Å². The van der Waals surface area contributed by atoms with Crippen LogP contribution in [0.25, 0.3) is 0 Å². The van der Waals surface area contributed by atoms with Gasteiger partial charge in [0.15, 0.2) is 23.9 Å². The summed E-state index contributed by atoms with van der Waals surface area (Å²) in [4.78, 5) is 29.7. The molecule has 0 saturated heterocycles. The maximum absolute atomic E-state index is 13.2. The number of benzene rings is 2. The van der Waals surface area contributed by atoms with Crippen molar-refractivity contribution in [1.82, 2.24) is 10.3 Å². The van der Waals surface area contributed by atoms with Crippen LogP contribution in [0.3, 0.4) is 0 Å². The van der Waals surface area contributed by atoms with E-state index in [1.54, 1.807) is 12.1 Å². The van der Waals surface area contributed by atoms with Gasteiger partial charge >= 0.3 is 0 Å². The summed E-state index contributed by atoms with van der Waals surface area (Å²) in [5, 5.41) is 3.43. The number of carbonyl (C=O) groups is 2. The highest BCUT2D eigenvalue weighted by Gasteiger charge is 2.24. The normalized spacial score (nSPS) is 11.4. The van der Waals surface area contributed by atoms with Crippen molar-refractivity contribution in [2.24, 2.45) is 0 Å². The van der Waals surface area contributed by atoms with Gasteiger partial charge in [0.25, 0.3) is 5.91 Å². The molecule has 0 aliphatic heterocycles. The van der Waals surface area contributed by atoms with Crippen LogP contribution in [0.1, 0.15) is 34.5 Å². The minimum Gasteiger partial charge on any atom is -0.493 e. The average Bonchev–Trinajstić information content (AvgIpc) is 2.84. The van der Waals surface area contributed by atoms with Crippen molar-refractivity contribution in [2.75, 3.05) is 20.8 Å². The van der Waals surface area contributed by atoms with E-state index in [4.69, 9.17) is 37.4 Å². The number of nitrogens with one attached hydrogen (secondary N) is 1. The van der Waals surface area contributed by atoms with Crippen molar-refractivity contribution < 1.29 is 23.8 Å². The molecule has 0 spiro atoms. The Labute approximate surface area is 208 Å². The third-order valence-corrected chi connectivity index (χ3v) is 5.77. The van der Waals surface area contributed by atoms with E-state index in [1.807, 2.05) is 37.3 Å². The average molecular weight is 503 g/mol. The topological polar surface area (TPSA) is 86.8 Å². The summed E-state index contributed by atoms with van der Waals surface area (Å²) >= 11 is 12.4. The summed E-state index contributed by atoms with van der Waals surface area (Å²) in [5.41, 5.74) is 1.60. The van der Waals surface area contributed by atoms with Crippen LogP contribution in [0.4, 0.5) is 0 Å². The Morgan fingerprint density at radius 3 is 2.26 bits per heavy atom. The highest BCUT2D eigenvalue weighted by Crippen LogP contribution is 2.41. The second-order valence-electron chi connectivity index (χ2n) is 7.35. The summed E-state index contributed by atoms with van der Waals surface area (Å²) in [6, 6.07) is 12.5. The first-order valence-corrected chi connectivity index (χ1v) is 11.1. The van der Waals surface area contributed by atoms with Gasteiger partial charge in [0.1, 0.15) is 0 Å². The van der Waals surface area contributed by atoms with Crippen LogP contribution in [0.2, 0.25) is 10.0 Å². The molecular formula is C25H24Cl2N2O5. The monoisotopic (exact) mass is 502 g/mol. The van der Waals surface area contributed by atoms with E-state index >= 15 is 0 Å². The van der Waals surface area contributed by atoms with Crippen LogP contribution in [0.5, 0.6) is 17.2 Å². The summed E-state index contributed by atoms with van der Waals surface area (Å²) < 4.78 is 16.6. The maximum atomic E-state index is 13.2. The molecule has 0 radical (unpaired) electrons. The number of hydrogen-bond acceptors (Lipinski definition) is 6. The fraction of sp³-hybridized carbons (Fsp3) is 0.240. The molecule has 7 nitrogen and oxygen atoms in total. The van der Waals surface area contributed by atoms with E-state index in [-0.39, 0.29) is 57.9 Å². The molecule has 1 aromatic heterocycles. The molecule has 0 fully saturated rings. The van der Waals surface area contributed by atoms with Gasteiger partial charge in [-0.15, -0.1) is 0 Å². The van der Waals surface area contributed by atoms with E-state index in [0.29, 0.717) is 11.3 Å². The molecule has 34 heavy (non-hydrogen) atoms. The fourth-order valence-corrected chi connectivity index (χ4v) is 3.87. The largest absolute Gasteiger partial charge is 0.493 e. The Balaban J connectivity index is 1.83. The number of Topliss-reactive ketones (excluding diaryl/α,β-unsaturated/α-hetero) is 1. The van der Waals surface area contributed by atoms with Crippen molar-refractivity contribution in [3.63, 3.8) is 0 Å². The smallest absolute Gasteiger partial charge is 0.258 e. The number of hydrogen-bond donors (Lipinski definition) is 1. The SMILES string of the molecule is COc1ccc(C(=O)Cc2c(Cl)cncc2Cl)c(OCC(=O)NC(C)c2ccccc2)c1OC. The Bertz CT molecular complexity index is 1150. The first-order chi connectivity index (χ1) is 16.3. The molecular weight excluding hydrogens is 479 g/mol. The van der Waals surface area contributed by atoms with Crippen molar-refractivity contribution in [2.45, 2.75) is 19.4 Å². The number of ketones is 1. The Kier molecular flexibility index (Phi) is 8.73. The number of carbonyl (C=O) groups excluding carboxylic acids is 2. The number of amides is 1. The van der Waals surface area contributed by atoms with Crippen LogP contribution in [0, 0.1) is 0 Å². The zero-order valence-electron chi connectivity index (χ0n) is 18.9. The van der Waals surface area contributed by atoms with Crippen molar-refractivity contribution in [3.05, 3.63) is 81.6 Å². The summed E-state index contributed by atoms with van der Waals surface area (Å²) in [7, 11) is 2.89. The maximum Gasteiger partial charge on any atom is 0.258 e. The number of nitrogens with zero attached hydrogens (tertiary/aromatic N) is 1. The van der Waals surface area contributed by atoms with Crippen molar-refractivity contribution >= 4 is 34.9 Å². The molecule has 178 valence electrons. The van der Waals surface area contributed by atoms with E-state index in [2.05, 4.69) is 10.3 Å². The van der Waals surface area contributed by atoms with Crippen LogP contribution in [-0.4, -0.2) is 37.5 Å². The molecule has 0 aliphatic rings. The zero-order valence-corrected chi connectivity index (χ0v) is 20.4. The molecule has 3 rings (SSSR count). The Hall–Kier alpha value is -3.29. The lowest BCUT2D eigenvalue weighted by Crippen LogP contribution is -2.31. The zero-order chi connectivity index (χ0) is 24.7. The minimum atomic E-state index is -0.361. The van der Waals surface area contributed by atoms with Gasteiger partial charge in [-0.1, -0.05) is 53.5 Å². The molecule has 1 unspecified atom stereocenters. The standard InChI is InChI=1S/C25H24Cl2N2O5/c1-15(16-7-5-4-6-8-16)29-23(31)14-34-24-17(9-10-22(32-2)25(24)33-3)21(30)11-18-19(26)12-28-13-20(18)27/h4-10,12-13,15H,11,14H2,1-3H3,(H,29,31). The van der Waals surface area contributed by atoms with E-state index in [0.717, 1.165) is 5.56 Å². The van der Waals surface area contributed by atoms with Crippen LogP contribution >= 0.6 is 23.2 Å². The third kappa shape index (κ3) is 5.98. The first-order valence-electron chi connectivity index (χ1n) is 10.4. The molecule has 9 heteroatoms. The number of halogens is 2. The highest BCUT2D eigenvalue weighted by atomic mass is 35.5. The predicted octanol–water partition coefficient (Wildman–Crippen LogP) is 5.09. The molecule has 3 aromatic rings. The fourth-order valence-electron chi connectivity index (χ4n) is 3.37. The van der Waals surface area contributed by atoms with Crippen LogP contribution < -0.4 is 19.5 Å². The number of pyridine rings is 1. The van der Waals surface area contributed by atoms with Gasteiger partial charge in [-0.05, 0) is 24.6 Å². The van der Waals surface area contributed by atoms with Gasteiger partial charge in [-0.3, -0.25) is 14.6 Å². The van der Waals surface area contributed by atoms with Gasteiger partial charge in [0.05, 0.1) is 35.9 Å². The summed E-state index contributed by atoms with van der Waals surface area (Å²) in [5.74, 6) is -0.0456. The third-order valence-electron chi connectivity index (χ3n) is 5.11. The lowest BCUT2D eigenvalue weighted by molar-refractivity contribution is -0.123. The van der Waals surface area contributed by atoms with E-state index < -0.39 is 0 Å². The lowest BCUT2D eigenvalue weighted by atomic mass is 10.0. The quantitative estimate of drug-likeness (QED) is 0.388. The lowest BCUT2D eigenvalue weighted by Gasteiger charge is -2.18. The minimum absolute atomic E-state index is 0.0932. The molecule has 0 saturated carbocycles. The second-order valence-corrected chi connectivity index (χ2v) is 8.16. The highest BCUT2D eigenvalue weighted by molar-refractivity contribution is 6.36. The van der Waals surface area contributed by atoms with Gasteiger partial charge in [0, 0.05) is 24.4 Å². The van der Waals surface area contributed by atoms with E-state index in [9.17, 15) is 9.59 Å². The second kappa shape index (κ2) is 11.7.